The normalized spacial score (nSPS) is 12.7. The highest BCUT2D eigenvalue weighted by Crippen LogP contribution is 2.34. The van der Waals surface area contributed by atoms with Gasteiger partial charge >= 0.3 is 11.4 Å². The maximum Gasteiger partial charge on any atom is 0.345 e. The summed E-state index contributed by atoms with van der Waals surface area (Å²) in [6, 6.07) is 20.5. The zero-order valence-electron chi connectivity index (χ0n) is 17.6. The molecular weight excluding hydrogens is 405 g/mol. The van der Waals surface area contributed by atoms with Gasteiger partial charge in [0, 0.05) is 17.3 Å². The highest BCUT2D eigenvalue weighted by molar-refractivity contribution is 5.91. The van der Waals surface area contributed by atoms with Crippen molar-refractivity contribution in [3.63, 3.8) is 0 Å². The molecule has 0 spiro atoms. The fourth-order valence-electron chi connectivity index (χ4n) is 4.75. The molecule has 0 saturated heterocycles. The molecule has 1 aliphatic rings. The molecule has 0 saturated carbocycles. The third kappa shape index (κ3) is 2.83. The van der Waals surface area contributed by atoms with Crippen molar-refractivity contribution in [1.29, 1.82) is 0 Å². The number of H-pyrrole nitrogens is 1. The predicted molar refractivity (Wildman–Crippen MR) is 121 cm³/mol. The number of nitrogens with zero attached hydrogens (tertiary/aromatic N) is 2. The van der Waals surface area contributed by atoms with E-state index in [1.54, 1.807) is 10.6 Å². The van der Waals surface area contributed by atoms with Crippen LogP contribution in [0.15, 0.2) is 71.5 Å². The largest absolute Gasteiger partial charge is 0.489 e. The van der Waals surface area contributed by atoms with Gasteiger partial charge in [-0.3, -0.25) is 0 Å². The molecule has 2 aromatic heterocycles. The molecule has 0 unspecified atom stereocenters. The number of fused-ring (bicyclic) bond motifs is 6. The van der Waals surface area contributed by atoms with Gasteiger partial charge in [0.15, 0.2) is 0 Å². The summed E-state index contributed by atoms with van der Waals surface area (Å²) in [4.78, 5) is 16.6. The number of hydrogen-bond donors (Lipinski definition) is 1. The maximum atomic E-state index is 13.8. The van der Waals surface area contributed by atoms with Crippen LogP contribution in [0.4, 0.5) is 4.39 Å². The SMILES string of the molecule is C[n+]1c2n(c(=O)c3cc(F)ccc31)CCc1c-2[nH]c2ccc(OCc3ccccc3)cc12. The van der Waals surface area contributed by atoms with Crippen LogP contribution in [-0.4, -0.2) is 9.55 Å². The Morgan fingerprint density at radius 1 is 1.06 bits per heavy atom. The molecule has 0 fully saturated rings. The van der Waals surface area contributed by atoms with E-state index in [0.29, 0.717) is 30.5 Å². The number of aromatic amines is 1. The van der Waals surface area contributed by atoms with E-state index < -0.39 is 5.82 Å². The average molecular weight is 426 g/mol. The summed E-state index contributed by atoms with van der Waals surface area (Å²) in [5.41, 5.74) is 4.76. The number of hydrogen-bond acceptors (Lipinski definition) is 2. The first-order valence-corrected chi connectivity index (χ1v) is 10.6. The monoisotopic (exact) mass is 426 g/mol. The number of halogens is 1. The second-order valence-corrected chi connectivity index (χ2v) is 8.21. The molecule has 0 bridgehead atoms. The molecule has 5 aromatic rings. The topological polar surface area (TPSA) is 50.9 Å². The lowest BCUT2D eigenvalue weighted by Crippen LogP contribution is -2.43. The quantitative estimate of drug-likeness (QED) is 0.439. The van der Waals surface area contributed by atoms with Crippen molar-refractivity contribution in [3.8, 4) is 17.3 Å². The first kappa shape index (κ1) is 18.8. The van der Waals surface area contributed by atoms with Crippen LogP contribution < -0.4 is 14.9 Å². The Kier molecular flexibility index (Phi) is 4.15. The number of aryl methyl sites for hydroxylation is 2. The second-order valence-electron chi connectivity index (χ2n) is 8.21. The highest BCUT2D eigenvalue weighted by atomic mass is 19.1. The van der Waals surface area contributed by atoms with Crippen molar-refractivity contribution in [2.75, 3.05) is 0 Å². The molecule has 5 nitrogen and oxygen atoms in total. The lowest BCUT2D eigenvalue weighted by Gasteiger charge is -2.16. The van der Waals surface area contributed by atoms with Gasteiger partial charge in [0.25, 0.3) is 0 Å². The third-order valence-corrected chi connectivity index (χ3v) is 6.30. The Hall–Kier alpha value is -3.93. The maximum absolute atomic E-state index is 13.8. The number of nitrogens with one attached hydrogen (secondary N) is 1. The Bertz CT molecular complexity index is 1570. The van der Waals surface area contributed by atoms with Crippen LogP contribution in [0.1, 0.15) is 11.1 Å². The van der Waals surface area contributed by atoms with Crippen molar-refractivity contribution in [2.45, 2.75) is 19.6 Å². The minimum atomic E-state index is -0.403. The standard InChI is InChI=1S/C26H20FN3O2/c1-29-23-10-7-17(27)13-21(23)26(31)30-12-11-19-20-14-18(32-15-16-5-3-2-4-6-16)8-9-22(20)28-24(19)25(29)30/h2-10,13-14H,11-12,15H2,1H3/p+1. The molecule has 3 heterocycles. The van der Waals surface area contributed by atoms with Crippen LogP contribution in [-0.2, 0) is 26.6 Å². The minimum Gasteiger partial charge on any atom is -0.489 e. The summed E-state index contributed by atoms with van der Waals surface area (Å²) >= 11 is 0. The van der Waals surface area contributed by atoms with Crippen LogP contribution in [0.25, 0.3) is 33.3 Å². The summed E-state index contributed by atoms with van der Waals surface area (Å²) in [7, 11) is 1.92. The van der Waals surface area contributed by atoms with E-state index in [4.69, 9.17) is 4.74 Å². The zero-order chi connectivity index (χ0) is 21.8. The lowest BCUT2D eigenvalue weighted by molar-refractivity contribution is -0.638. The number of benzene rings is 3. The van der Waals surface area contributed by atoms with Gasteiger partial charge in [-0.05, 0) is 47.5 Å². The van der Waals surface area contributed by atoms with Crippen molar-refractivity contribution in [3.05, 3.63) is 94.0 Å². The Morgan fingerprint density at radius 3 is 2.75 bits per heavy atom. The van der Waals surface area contributed by atoms with E-state index in [9.17, 15) is 9.18 Å². The first-order chi connectivity index (χ1) is 15.6. The van der Waals surface area contributed by atoms with Gasteiger partial charge in [-0.15, -0.1) is 0 Å². The van der Waals surface area contributed by atoms with Gasteiger partial charge in [0.2, 0.25) is 0 Å². The van der Waals surface area contributed by atoms with E-state index in [0.717, 1.165) is 33.7 Å². The smallest absolute Gasteiger partial charge is 0.345 e. The van der Waals surface area contributed by atoms with Crippen LogP contribution >= 0.6 is 0 Å². The lowest BCUT2D eigenvalue weighted by atomic mass is 10.0. The molecule has 0 amide bonds. The van der Waals surface area contributed by atoms with E-state index in [2.05, 4.69) is 11.1 Å². The predicted octanol–water partition coefficient (Wildman–Crippen LogP) is 4.25. The third-order valence-electron chi connectivity index (χ3n) is 6.30. The Balaban J connectivity index is 1.47. The molecule has 0 aliphatic carbocycles. The molecule has 6 heteroatoms. The Morgan fingerprint density at radius 2 is 1.91 bits per heavy atom. The molecule has 32 heavy (non-hydrogen) atoms. The summed E-state index contributed by atoms with van der Waals surface area (Å²) in [6.07, 6.45) is 0.713. The van der Waals surface area contributed by atoms with Gasteiger partial charge in [-0.1, -0.05) is 30.3 Å². The molecule has 1 N–H and O–H groups in total. The second kappa shape index (κ2) is 7.05. The van der Waals surface area contributed by atoms with Crippen molar-refractivity contribution >= 4 is 21.8 Å². The van der Waals surface area contributed by atoms with Crippen molar-refractivity contribution in [1.82, 2.24) is 9.55 Å². The van der Waals surface area contributed by atoms with E-state index in [-0.39, 0.29) is 5.56 Å². The molecular formula is C26H21FN3O2+. The summed E-state index contributed by atoms with van der Waals surface area (Å²) in [5, 5.41) is 1.50. The van der Waals surface area contributed by atoms with Gasteiger partial charge in [0.1, 0.15) is 34.8 Å². The van der Waals surface area contributed by atoms with Crippen LogP contribution in [0, 0.1) is 5.82 Å². The van der Waals surface area contributed by atoms with Gasteiger partial charge in [-0.25, -0.2) is 13.8 Å². The summed E-state index contributed by atoms with van der Waals surface area (Å²) < 4.78 is 23.5. The van der Waals surface area contributed by atoms with E-state index in [1.165, 1.54) is 17.7 Å². The van der Waals surface area contributed by atoms with Crippen molar-refractivity contribution < 1.29 is 13.7 Å². The van der Waals surface area contributed by atoms with Crippen LogP contribution in [0.2, 0.25) is 0 Å². The summed E-state index contributed by atoms with van der Waals surface area (Å²) in [6.45, 7) is 1.05. The van der Waals surface area contributed by atoms with E-state index in [1.807, 2.05) is 54.1 Å². The fourth-order valence-corrected chi connectivity index (χ4v) is 4.75. The molecule has 1 aliphatic heterocycles. The molecule has 3 aromatic carbocycles. The molecule has 6 rings (SSSR count). The number of ether oxygens (including phenoxy) is 1. The number of rotatable bonds is 3. The zero-order valence-corrected chi connectivity index (χ0v) is 17.6. The van der Waals surface area contributed by atoms with Crippen molar-refractivity contribution in [2.24, 2.45) is 7.05 Å². The molecule has 0 radical (unpaired) electrons. The Labute approximate surface area is 183 Å². The van der Waals surface area contributed by atoms with Crippen LogP contribution in [0.3, 0.4) is 0 Å². The number of aromatic nitrogens is 3. The highest BCUT2D eigenvalue weighted by Gasteiger charge is 2.32. The van der Waals surface area contributed by atoms with E-state index >= 15 is 0 Å². The van der Waals surface area contributed by atoms with Gasteiger partial charge < -0.3 is 9.72 Å². The molecule has 158 valence electrons. The van der Waals surface area contributed by atoms with Gasteiger partial charge in [0.05, 0.1) is 13.6 Å². The van der Waals surface area contributed by atoms with Crippen LogP contribution in [0.5, 0.6) is 5.75 Å². The minimum absolute atomic E-state index is 0.163. The van der Waals surface area contributed by atoms with Gasteiger partial charge in [-0.2, -0.15) is 4.57 Å². The molecule has 0 atom stereocenters. The summed E-state index contributed by atoms with van der Waals surface area (Å²) in [5.74, 6) is 1.21. The first-order valence-electron chi connectivity index (χ1n) is 10.6. The fraction of sp³-hybridized carbons (Fsp3) is 0.154. The average Bonchev–Trinajstić information content (AvgIpc) is 3.19.